The monoisotopic (exact) mass is 638 g/mol. The third-order valence-corrected chi connectivity index (χ3v) is 15.9. The normalized spacial score (nSPS) is 26.8. The molecule has 41 heavy (non-hydrogen) atoms. The van der Waals surface area contributed by atoms with Crippen molar-refractivity contribution in [3.63, 3.8) is 0 Å². The van der Waals surface area contributed by atoms with Crippen LogP contribution in [0.2, 0.25) is 0 Å². The first-order valence-corrected chi connectivity index (χ1v) is 18.7. The van der Waals surface area contributed by atoms with E-state index in [4.69, 9.17) is 9.47 Å². The molecular weight excluding hydrogens is 586 g/mol. The Kier molecular flexibility index (Phi) is 14.6. The van der Waals surface area contributed by atoms with Crippen LogP contribution >= 0.6 is 16.1 Å². The van der Waals surface area contributed by atoms with Gasteiger partial charge in [-0.2, -0.15) is 0 Å². The Morgan fingerprint density at radius 2 is 1.02 bits per heavy atom. The SMILES string of the molecule is C1CCCC1.COC[C@@H]1CCCN1P(C1CCCC1P(c1ccccc1)c1ccccc1)N1CCC[C@H]1COC.[Fe]. The van der Waals surface area contributed by atoms with E-state index in [0.717, 1.165) is 24.5 Å². The summed E-state index contributed by atoms with van der Waals surface area (Å²) in [6.07, 6.45) is 16.7. The summed E-state index contributed by atoms with van der Waals surface area (Å²) in [5.41, 5.74) is 1.47. The van der Waals surface area contributed by atoms with Crippen LogP contribution in [-0.2, 0) is 26.5 Å². The first kappa shape index (κ1) is 33.6. The number of nitrogens with zero attached hydrogens (tertiary/aromatic N) is 2. The maximum absolute atomic E-state index is 5.75. The van der Waals surface area contributed by atoms with Gasteiger partial charge in [0.15, 0.2) is 0 Å². The number of hydrogen-bond donors (Lipinski definition) is 0. The van der Waals surface area contributed by atoms with Crippen LogP contribution in [0.25, 0.3) is 0 Å². The second kappa shape index (κ2) is 17.8. The van der Waals surface area contributed by atoms with Gasteiger partial charge in [0.05, 0.1) is 13.2 Å². The summed E-state index contributed by atoms with van der Waals surface area (Å²) in [5, 5.41) is 3.09. The molecule has 4 nitrogen and oxygen atoms in total. The summed E-state index contributed by atoms with van der Waals surface area (Å²) in [6, 6.07) is 24.0. The maximum atomic E-state index is 5.75. The van der Waals surface area contributed by atoms with Crippen molar-refractivity contribution < 1.29 is 26.5 Å². The predicted molar refractivity (Wildman–Crippen MR) is 174 cm³/mol. The van der Waals surface area contributed by atoms with E-state index in [2.05, 4.69) is 70.0 Å². The summed E-state index contributed by atoms with van der Waals surface area (Å²) in [6.45, 7) is 4.19. The van der Waals surface area contributed by atoms with Crippen LogP contribution in [0.3, 0.4) is 0 Å². The van der Waals surface area contributed by atoms with Crippen molar-refractivity contribution >= 4 is 26.8 Å². The third kappa shape index (κ3) is 8.65. The zero-order valence-corrected chi connectivity index (χ0v) is 28.2. The van der Waals surface area contributed by atoms with Crippen LogP contribution in [-0.4, -0.2) is 73.3 Å². The van der Waals surface area contributed by atoms with Crippen LogP contribution < -0.4 is 10.6 Å². The molecule has 2 aromatic carbocycles. The molecule has 0 aromatic heterocycles. The summed E-state index contributed by atoms with van der Waals surface area (Å²) in [4.78, 5) is 0. The molecule has 2 aliphatic heterocycles. The van der Waals surface area contributed by atoms with E-state index in [0.29, 0.717) is 12.1 Å². The van der Waals surface area contributed by atoms with Crippen LogP contribution in [0, 0.1) is 0 Å². The van der Waals surface area contributed by atoms with Crippen LogP contribution in [0.4, 0.5) is 0 Å². The molecule has 2 aromatic rings. The van der Waals surface area contributed by atoms with Crippen molar-refractivity contribution in [1.29, 1.82) is 0 Å². The fourth-order valence-corrected chi connectivity index (χ4v) is 14.9. The predicted octanol–water partition coefficient (Wildman–Crippen LogP) is 7.52. The smallest absolute Gasteiger partial charge is 0.0621 e. The van der Waals surface area contributed by atoms with Gasteiger partial charge in [-0.15, -0.1) is 0 Å². The molecule has 2 saturated carbocycles. The van der Waals surface area contributed by atoms with Gasteiger partial charge < -0.3 is 9.47 Å². The molecule has 2 aliphatic carbocycles. The number of methoxy groups -OCH3 is 2. The molecular formula is C34H52FeN2O2P2. The zero-order valence-electron chi connectivity index (χ0n) is 25.4. The summed E-state index contributed by atoms with van der Waals surface area (Å²) in [5.74, 6) is 0. The van der Waals surface area contributed by atoms with Gasteiger partial charge in [-0.3, -0.25) is 9.34 Å². The van der Waals surface area contributed by atoms with Gasteiger partial charge in [0.1, 0.15) is 0 Å². The topological polar surface area (TPSA) is 24.9 Å². The van der Waals surface area contributed by atoms with Crippen molar-refractivity contribution in [3.8, 4) is 0 Å². The standard InChI is InChI=1S/C29H42N2O2P2.C5H10.Fe/c1-32-22-24-12-10-20-30(24)35(31-21-11-13-25(31)23-33-2)29-19-9-18-28(29)34(26-14-5-3-6-15-26)27-16-7-4-8-17-27;1-2-4-5-3-1;/h3-8,14-17,24-25,28-29H,9-13,18-23H2,1-2H3;1-5H2;/t24-,25-,28?,29?;;/m0../s1. The van der Waals surface area contributed by atoms with Crippen molar-refractivity contribution in [2.75, 3.05) is 40.5 Å². The van der Waals surface area contributed by atoms with Gasteiger partial charge in [-0.05, 0) is 62.7 Å². The van der Waals surface area contributed by atoms with Crippen LogP contribution in [0.1, 0.15) is 77.0 Å². The quantitative estimate of drug-likeness (QED) is 0.199. The zero-order chi connectivity index (χ0) is 27.6. The molecule has 6 rings (SSSR count). The first-order valence-electron chi connectivity index (χ1n) is 16.0. The van der Waals surface area contributed by atoms with E-state index in [1.165, 1.54) is 90.1 Å². The van der Waals surface area contributed by atoms with E-state index in [1.807, 2.05) is 14.2 Å². The molecule has 2 unspecified atom stereocenters. The Balaban J connectivity index is 0.000000584. The van der Waals surface area contributed by atoms with E-state index >= 15 is 0 Å². The molecule has 0 radical (unpaired) electrons. The minimum atomic E-state index is -0.396. The molecule has 0 spiro atoms. The molecule has 4 atom stereocenters. The number of ether oxygens (including phenoxy) is 2. The molecule has 228 valence electrons. The average Bonchev–Trinajstić information content (AvgIpc) is 3.82. The molecule has 2 saturated heterocycles. The molecule has 4 fully saturated rings. The third-order valence-electron chi connectivity index (χ3n) is 9.33. The minimum Gasteiger partial charge on any atom is -0.383 e. The van der Waals surface area contributed by atoms with E-state index in [-0.39, 0.29) is 17.1 Å². The van der Waals surface area contributed by atoms with Crippen molar-refractivity contribution in [1.82, 2.24) is 9.34 Å². The van der Waals surface area contributed by atoms with E-state index in [9.17, 15) is 0 Å². The summed E-state index contributed by atoms with van der Waals surface area (Å²) >= 11 is 0. The average molecular weight is 639 g/mol. The van der Waals surface area contributed by atoms with E-state index < -0.39 is 16.1 Å². The first-order chi connectivity index (χ1) is 19.8. The summed E-state index contributed by atoms with van der Waals surface area (Å²) in [7, 11) is 2.97. The largest absolute Gasteiger partial charge is 0.383 e. The van der Waals surface area contributed by atoms with Gasteiger partial charge >= 0.3 is 0 Å². The van der Waals surface area contributed by atoms with Gasteiger partial charge in [0, 0.05) is 70.3 Å². The number of rotatable bonds is 10. The molecule has 4 aliphatic rings. The van der Waals surface area contributed by atoms with Crippen molar-refractivity contribution in [2.24, 2.45) is 0 Å². The molecule has 0 bridgehead atoms. The Bertz CT molecular complexity index is 912. The second-order valence-electron chi connectivity index (χ2n) is 12.0. The molecule has 0 amide bonds. The van der Waals surface area contributed by atoms with Gasteiger partial charge in [-0.25, -0.2) is 0 Å². The number of hydrogen-bond acceptors (Lipinski definition) is 4. The molecule has 7 heteroatoms. The fraction of sp³-hybridized carbons (Fsp3) is 0.647. The number of benzene rings is 2. The van der Waals surface area contributed by atoms with Crippen LogP contribution in [0.5, 0.6) is 0 Å². The van der Waals surface area contributed by atoms with Crippen molar-refractivity contribution in [3.05, 3.63) is 60.7 Å². The van der Waals surface area contributed by atoms with Crippen LogP contribution in [0.15, 0.2) is 60.7 Å². The minimum absolute atomic E-state index is 0. The molecule has 2 heterocycles. The maximum Gasteiger partial charge on any atom is 0.0621 e. The van der Waals surface area contributed by atoms with Crippen molar-refractivity contribution in [2.45, 2.75) is 100 Å². The Hall–Kier alpha value is -0.341. The Labute approximate surface area is 263 Å². The van der Waals surface area contributed by atoms with Gasteiger partial charge in [0.2, 0.25) is 0 Å². The van der Waals surface area contributed by atoms with E-state index in [1.54, 1.807) is 10.6 Å². The Morgan fingerprint density at radius 3 is 1.46 bits per heavy atom. The Morgan fingerprint density at radius 1 is 0.585 bits per heavy atom. The summed E-state index contributed by atoms with van der Waals surface area (Å²) < 4.78 is 17.4. The van der Waals surface area contributed by atoms with Gasteiger partial charge in [-0.1, -0.05) is 99.2 Å². The second-order valence-corrected chi connectivity index (χ2v) is 16.8. The van der Waals surface area contributed by atoms with Gasteiger partial charge in [0.25, 0.3) is 0 Å². The molecule has 0 N–H and O–H groups in total. The fourth-order valence-electron chi connectivity index (χ4n) is 7.52.